The summed E-state index contributed by atoms with van der Waals surface area (Å²) < 4.78 is 35.1. The number of aryl methyl sites for hydroxylation is 2. The fraction of sp³-hybridized carbons (Fsp3) is 0.200. The molecule has 0 fully saturated rings. The summed E-state index contributed by atoms with van der Waals surface area (Å²) in [4.78, 5) is 34.4. The van der Waals surface area contributed by atoms with Gasteiger partial charge in [-0.05, 0) is 86.3 Å². The maximum absolute atomic E-state index is 13.0. The van der Waals surface area contributed by atoms with E-state index < -0.39 is 11.9 Å². The molecule has 4 heterocycles. The number of alkyl halides is 1. The number of nitrogen functional groups attached to an aromatic ring is 1. The average Bonchev–Trinajstić information content (AvgIpc) is 3.77. The Hall–Kier alpha value is -5.90. The molecule has 16 heteroatoms. The predicted octanol–water partition coefficient (Wildman–Crippen LogP) is 5.91. The molecule has 0 bridgehead atoms. The number of carbonyl (C=O) groups is 2. The molecule has 264 valence electrons. The minimum atomic E-state index is -0.591. The number of esters is 2. The van der Waals surface area contributed by atoms with Crippen LogP contribution in [0.2, 0.25) is 0 Å². The van der Waals surface area contributed by atoms with E-state index >= 15 is 0 Å². The van der Waals surface area contributed by atoms with Crippen molar-refractivity contribution in [3.8, 4) is 11.6 Å². The molecule has 2 aromatic carbocycles. The molecular weight excluding hydrogens is 728 g/mol. The molecule has 0 aliphatic heterocycles. The highest BCUT2D eigenvalue weighted by Gasteiger charge is 2.21. The molecule has 0 radical (unpaired) electrons. The monoisotopic (exact) mass is 761 g/mol. The Morgan fingerprint density at radius 2 is 1.16 bits per heavy atom. The highest BCUT2D eigenvalue weighted by Crippen LogP contribution is 2.14. The number of hydrogen-bond acceptors (Lipinski definition) is 11. The topological polar surface area (TPSA) is 166 Å². The lowest BCUT2D eigenvalue weighted by Crippen LogP contribution is -2.09. The summed E-state index contributed by atoms with van der Waals surface area (Å²) >= 11 is 3.26. The largest absolute Gasteiger partial charge is 0.461 e. The molecule has 0 aliphatic rings. The smallest absolute Gasteiger partial charge is 0.362 e. The van der Waals surface area contributed by atoms with Crippen LogP contribution in [-0.4, -0.2) is 65.1 Å². The van der Waals surface area contributed by atoms with Gasteiger partial charge in [0.2, 0.25) is 5.69 Å². The van der Waals surface area contributed by atoms with E-state index in [0.29, 0.717) is 30.2 Å². The van der Waals surface area contributed by atoms with Crippen LogP contribution in [0, 0.1) is 11.6 Å². The Morgan fingerprint density at radius 1 is 0.667 bits per heavy atom. The van der Waals surface area contributed by atoms with Crippen LogP contribution in [0.25, 0.3) is 11.6 Å². The van der Waals surface area contributed by atoms with Gasteiger partial charge >= 0.3 is 11.9 Å². The molecular formula is C35H34BrF2N9O4. The maximum Gasteiger partial charge on any atom is 0.362 e. The first-order chi connectivity index (χ1) is 24.7. The summed E-state index contributed by atoms with van der Waals surface area (Å²) in [6, 6.07) is 23.3. The normalized spacial score (nSPS) is 10.3. The van der Waals surface area contributed by atoms with Crippen LogP contribution < -0.4 is 5.73 Å². The van der Waals surface area contributed by atoms with Crippen molar-refractivity contribution in [2.45, 2.75) is 32.0 Å². The minimum absolute atomic E-state index is 0.00231. The number of anilines is 1. The van der Waals surface area contributed by atoms with Crippen molar-refractivity contribution in [3.05, 3.63) is 137 Å². The molecule has 2 N–H and O–H groups in total. The highest BCUT2D eigenvalue weighted by atomic mass is 79.9. The van der Waals surface area contributed by atoms with E-state index in [4.69, 9.17) is 15.2 Å². The lowest BCUT2D eigenvalue weighted by molar-refractivity contribution is 0.0509. The van der Waals surface area contributed by atoms with Gasteiger partial charge in [-0.25, -0.2) is 28.3 Å². The van der Waals surface area contributed by atoms with E-state index in [2.05, 4.69) is 46.3 Å². The van der Waals surface area contributed by atoms with Crippen molar-refractivity contribution >= 4 is 33.7 Å². The van der Waals surface area contributed by atoms with Crippen LogP contribution in [0.3, 0.4) is 0 Å². The molecule has 0 unspecified atom stereocenters. The zero-order chi connectivity index (χ0) is 36.6. The number of halogens is 3. The van der Waals surface area contributed by atoms with Crippen LogP contribution in [0.1, 0.15) is 51.6 Å². The van der Waals surface area contributed by atoms with Crippen LogP contribution in [-0.2, 0) is 27.6 Å². The van der Waals surface area contributed by atoms with Gasteiger partial charge in [0.05, 0.1) is 18.9 Å². The molecule has 0 saturated heterocycles. The van der Waals surface area contributed by atoms with E-state index in [1.807, 2.05) is 6.07 Å². The van der Waals surface area contributed by atoms with Crippen LogP contribution in [0.15, 0.2) is 97.3 Å². The summed E-state index contributed by atoms with van der Waals surface area (Å²) in [7, 11) is 0. The molecule has 6 rings (SSSR count). The molecule has 6 aromatic rings. The third-order valence-corrected chi connectivity index (χ3v) is 7.25. The molecule has 13 nitrogen and oxygen atoms in total. The first-order valence-electron chi connectivity index (χ1n) is 15.6. The Labute approximate surface area is 300 Å². The van der Waals surface area contributed by atoms with Crippen LogP contribution in [0.5, 0.6) is 0 Å². The summed E-state index contributed by atoms with van der Waals surface area (Å²) in [5.74, 6) is -0.548. The van der Waals surface area contributed by atoms with Crippen molar-refractivity contribution in [1.82, 2.24) is 40.0 Å². The molecule has 0 amide bonds. The number of aromatic nitrogens is 8. The standard InChI is InChI=1S/C18H17FN4O2.C10H11N5O2.C7H6BrF/c1-2-25-18(24)17-15(11-8-13-6-9-14(19)10-7-13)21-23(22-17)16-5-3-4-12-20-16;1-2-17-10(16)8-9(11)14-15(13-8)7-5-3-4-6-12-7;8-5-6-1-3-7(9)4-2-6/h3-7,9-10,12H,2,8,11H2,1H3;3-6H,2H2,1H3,(H2,11,14);1-4H,5H2. The lowest BCUT2D eigenvalue weighted by atomic mass is 10.1. The summed E-state index contributed by atoms with van der Waals surface area (Å²) in [5, 5.41) is 17.2. The van der Waals surface area contributed by atoms with Gasteiger partial charge in [-0.1, -0.05) is 52.3 Å². The van der Waals surface area contributed by atoms with Crippen LogP contribution >= 0.6 is 15.9 Å². The van der Waals surface area contributed by atoms with E-state index in [1.54, 1.807) is 80.8 Å². The quantitative estimate of drug-likeness (QED) is 0.130. The second-order valence-corrected chi connectivity index (χ2v) is 10.8. The minimum Gasteiger partial charge on any atom is -0.461 e. The number of hydrogen-bond donors (Lipinski definition) is 1. The Bertz CT molecular complexity index is 1980. The van der Waals surface area contributed by atoms with Crippen molar-refractivity contribution < 1.29 is 27.8 Å². The molecule has 0 saturated carbocycles. The SMILES string of the molecule is CCOC(=O)c1nn(-c2ccccn2)nc1CCc1ccc(F)cc1.CCOC(=O)c1nn(-c2ccccn2)nc1N.Fc1ccc(CBr)cc1. The van der Waals surface area contributed by atoms with E-state index in [1.165, 1.54) is 33.9 Å². The second-order valence-electron chi connectivity index (χ2n) is 10.2. The van der Waals surface area contributed by atoms with Gasteiger partial charge in [0.1, 0.15) is 11.6 Å². The predicted molar refractivity (Wildman–Crippen MR) is 187 cm³/mol. The highest BCUT2D eigenvalue weighted by molar-refractivity contribution is 9.08. The summed E-state index contributed by atoms with van der Waals surface area (Å²) in [6.07, 6.45) is 4.31. The number of rotatable bonds is 10. The van der Waals surface area contributed by atoms with Crippen molar-refractivity contribution in [2.24, 2.45) is 0 Å². The zero-order valence-electron chi connectivity index (χ0n) is 27.7. The van der Waals surface area contributed by atoms with Crippen molar-refractivity contribution in [3.63, 3.8) is 0 Å². The number of pyridine rings is 2. The maximum atomic E-state index is 13.0. The van der Waals surface area contributed by atoms with Crippen LogP contribution in [0.4, 0.5) is 14.6 Å². The van der Waals surface area contributed by atoms with E-state index in [9.17, 15) is 18.4 Å². The van der Waals surface area contributed by atoms with Gasteiger partial charge in [-0.3, -0.25) is 0 Å². The van der Waals surface area contributed by atoms with Crippen molar-refractivity contribution in [2.75, 3.05) is 18.9 Å². The van der Waals surface area contributed by atoms with Gasteiger partial charge in [0.15, 0.2) is 23.1 Å². The Balaban J connectivity index is 0.000000192. The summed E-state index contributed by atoms with van der Waals surface area (Å²) in [5.41, 5.74) is 8.32. The van der Waals surface area contributed by atoms with E-state index in [-0.39, 0.29) is 42.1 Å². The zero-order valence-corrected chi connectivity index (χ0v) is 29.3. The first-order valence-corrected chi connectivity index (χ1v) is 16.7. The van der Waals surface area contributed by atoms with Gasteiger partial charge in [0.25, 0.3) is 0 Å². The number of ether oxygens (including phenoxy) is 2. The third-order valence-electron chi connectivity index (χ3n) is 6.60. The van der Waals surface area contributed by atoms with E-state index in [0.717, 1.165) is 16.5 Å². The summed E-state index contributed by atoms with van der Waals surface area (Å²) in [6.45, 7) is 3.96. The Morgan fingerprint density at radius 3 is 1.65 bits per heavy atom. The average molecular weight is 763 g/mol. The Kier molecular flexibility index (Phi) is 14.4. The first kappa shape index (κ1) is 37.9. The molecule has 0 spiro atoms. The molecule has 51 heavy (non-hydrogen) atoms. The molecule has 0 atom stereocenters. The van der Waals surface area contributed by atoms with Gasteiger partial charge in [-0.2, -0.15) is 5.10 Å². The third kappa shape index (κ3) is 11.3. The second kappa shape index (κ2) is 19.3. The number of carbonyl (C=O) groups excluding carboxylic acids is 2. The van der Waals surface area contributed by atoms with Gasteiger partial charge in [-0.15, -0.1) is 24.9 Å². The fourth-order valence-electron chi connectivity index (χ4n) is 4.16. The fourth-order valence-corrected chi connectivity index (χ4v) is 4.54. The number of nitrogens with zero attached hydrogens (tertiary/aromatic N) is 8. The van der Waals surface area contributed by atoms with Crippen molar-refractivity contribution in [1.29, 1.82) is 0 Å². The van der Waals surface area contributed by atoms with Gasteiger partial charge < -0.3 is 15.2 Å². The molecule has 4 aromatic heterocycles. The number of nitrogens with two attached hydrogens (primary N) is 1. The molecule has 0 aliphatic carbocycles. The number of benzene rings is 2. The lowest BCUT2D eigenvalue weighted by Gasteiger charge is -2.01. The van der Waals surface area contributed by atoms with Gasteiger partial charge in [0, 0.05) is 17.7 Å².